The van der Waals surface area contributed by atoms with Crippen molar-refractivity contribution >= 4 is 23.2 Å². The fourth-order valence-corrected chi connectivity index (χ4v) is 4.46. The number of carbonyl (C=O) groups excluding carboxylic acids is 2. The van der Waals surface area contributed by atoms with Gasteiger partial charge in [0.1, 0.15) is 11.9 Å². The molecule has 31 heavy (non-hydrogen) atoms. The van der Waals surface area contributed by atoms with Crippen LogP contribution in [0.1, 0.15) is 25.7 Å². The van der Waals surface area contributed by atoms with E-state index >= 15 is 0 Å². The molecule has 2 aliphatic heterocycles. The Morgan fingerprint density at radius 3 is 2.32 bits per heavy atom. The number of anilines is 2. The van der Waals surface area contributed by atoms with Crippen LogP contribution >= 0.6 is 0 Å². The summed E-state index contributed by atoms with van der Waals surface area (Å²) in [6, 6.07) is 9.32. The van der Waals surface area contributed by atoms with E-state index in [1.807, 2.05) is 29.2 Å². The van der Waals surface area contributed by atoms with Gasteiger partial charge in [-0.1, -0.05) is 12.8 Å². The van der Waals surface area contributed by atoms with Crippen LogP contribution in [-0.4, -0.2) is 59.2 Å². The number of likely N-dealkylation sites (tertiary alicyclic amines) is 1. The molecular weight excluding hydrogens is 394 g/mol. The lowest BCUT2D eigenvalue weighted by molar-refractivity contribution is -0.144. The number of nitrogens with zero attached hydrogens (tertiary/aromatic N) is 4. The van der Waals surface area contributed by atoms with E-state index in [1.54, 1.807) is 23.4 Å². The highest BCUT2D eigenvalue weighted by Gasteiger charge is 2.36. The molecule has 2 aromatic rings. The van der Waals surface area contributed by atoms with Crippen molar-refractivity contribution in [1.29, 1.82) is 0 Å². The summed E-state index contributed by atoms with van der Waals surface area (Å²) in [6.07, 6.45) is 7.61. The molecule has 1 N–H and O–H groups in total. The van der Waals surface area contributed by atoms with Crippen LogP contribution in [0.4, 0.5) is 11.4 Å². The topological polar surface area (TPSA) is 87.7 Å². The Kier molecular flexibility index (Phi) is 5.55. The maximum absolute atomic E-state index is 13.0. The molecule has 3 aliphatic rings. The minimum atomic E-state index is -0.0394. The summed E-state index contributed by atoms with van der Waals surface area (Å²) in [6.45, 7) is 2.68. The van der Waals surface area contributed by atoms with E-state index < -0.39 is 0 Å². The Bertz CT molecular complexity index is 920. The van der Waals surface area contributed by atoms with Gasteiger partial charge in [0.25, 0.3) is 0 Å². The summed E-state index contributed by atoms with van der Waals surface area (Å²) in [5.41, 5.74) is 1.46. The van der Waals surface area contributed by atoms with E-state index in [-0.39, 0.29) is 23.8 Å². The third kappa shape index (κ3) is 4.12. The first kappa shape index (κ1) is 19.9. The molecule has 0 bridgehead atoms. The fraction of sp³-hybridized carbons (Fsp3) is 0.478. The molecule has 0 atom stereocenters. The van der Waals surface area contributed by atoms with E-state index in [0.717, 1.165) is 24.3 Å². The summed E-state index contributed by atoms with van der Waals surface area (Å²) in [5.74, 6) is 1.26. The normalized spacial score (nSPS) is 19.5. The molecule has 2 amide bonds. The fourth-order valence-electron chi connectivity index (χ4n) is 4.46. The van der Waals surface area contributed by atoms with Gasteiger partial charge in [-0.3, -0.25) is 14.5 Å². The van der Waals surface area contributed by atoms with E-state index in [0.29, 0.717) is 37.8 Å². The molecule has 5 rings (SSSR count). The van der Waals surface area contributed by atoms with Crippen LogP contribution in [0.15, 0.2) is 42.7 Å². The summed E-state index contributed by atoms with van der Waals surface area (Å²) in [7, 11) is 0. The molecule has 3 fully saturated rings. The molecule has 2 saturated heterocycles. The number of aromatic nitrogens is 2. The van der Waals surface area contributed by atoms with E-state index in [4.69, 9.17) is 4.74 Å². The molecule has 0 unspecified atom stereocenters. The lowest BCUT2D eigenvalue weighted by atomic mass is 10.0. The number of carbonyl (C=O) groups is 2. The standard InChI is InChI=1S/C23H27N5O3/c29-22(16-3-1-2-4-16)27-14-21(15-27)31-20-7-5-18(6-8-20)28(19-9-10-25-26-13-19)23(30)17-11-24-12-17/h5-10,13,16-17,21,24H,1-4,11-12,14-15H2. The van der Waals surface area contributed by atoms with Gasteiger partial charge in [0, 0.05) is 24.7 Å². The lowest BCUT2D eigenvalue weighted by Crippen LogP contribution is -2.57. The molecule has 8 nitrogen and oxygen atoms in total. The number of amides is 2. The minimum absolute atomic E-state index is 0.0272. The van der Waals surface area contributed by atoms with Gasteiger partial charge in [0.15, 0.2) is 0 Å². The number of ether oxygens (including phenoxy) is 1. The molecule has 1 aromatic heterocycles. The number of benzene rings is 1. The lowest BCUT2D eigenvalue weighted by Gasteiger charge is -2.40. The monoisotopic (exact) mass is 421 g/mol. The molecule has 3 heterocycles. The van der Waals surface area contributed by atoms with E-state index in [2.05, 4.69) is 15.5 Å². The number of nitrogens with one attached hydrogen (secondary N) is 1. The van der Waals surface area contributed by atoms with Crippen LogP contribution in [-0.2, 0) is 9.59 Å². The molecular formula is C23H27N5O3. The third-order valence-corrected chi connectivity index (χ3v) is 6.44. The van der Waals surface area contributed by atoms with Crippen molar-refractivity contribution < 1.29 is 14.3 Å². The molecule has 1 saturated carbocycles. The van der Waals surface area contributed by atoms with Gasteiger partial charge < -0.3 is 15.0 Å². The van der Waals surface area contributed by atoms with Crippen molar-refractivity contribution in [3.8, 4) is 5.75 Å². The summed E-state index contributed by atoms with van der Waals surface area (Å²) in [4.78, 5) is 29.1. The zero-order chi connectivity index (χ0) is 21.2. The molecule has 8 heteroatoms. The van der Waals surface area contributed by atoms with Crippen LogP contribution in [0.2, 0.25) is 0 Å². The molecule has 0 radical (unpaired) electrons. The second kappa shape index (κ2) is 8.63. The average Bonchev–Trinajstić information content (AvgIpc) is 3.26. The first-order valence-electron chi connectivity index (χ1n) is 11.1. The Hall–Kier alpha value is -3.00. The number of hydrogen-bond acceptors (Lipinski definition) is 6. The zero-order valence-corrected chi connectivity index (χ0v) is 17.4. The van der Waals surface area contributed by atoms with Crippen LogP contribution in [0.5, 0.6) is 5.75 Å². The van der Waals surface area contributed by atoms with Gasteiger partial charge in [-0.2, -0.15) is 10.2 Å². The first-order valence-corrected chi connectivity index (χ1v) is 11.1. The zero-order valence-electron chi connectivity index (χ0n) is 17.4. The predicted molar refractivity (Wildman–Crippen MR) is 115 cm³/mol. The van der Waals surface area contributed by atoms with Crippen LogP contribution in [0, 0.1) is 11.8 Å². The van der Waals surface area contributed by atoms with Gasteiger partial charge in [-0.25, -0.2) is 0 Å². The summed E-state index contributed by atoms with van der Waals surface area (Å²) >= 11 is 0. The predicted octanol–water partition coefficient (Wildman–Crippen LogP) is 2.14. The maximum atomic E-state index is 13.0. The van der Waals surface area contributed by atoms with Crippen molar-refractivity contribution in [2.75, 3.05) is 31.1 Å². The highest BCUT2D eigenvalue weighted by atomic mass is 16.5. The van der Waals surface area contributed by atoms with E-state index in [1.165, 1.54) is 12.8 Å². The Labute approximate surface area is 181 Å². The first-order chi connectivity index (χ1) is 15.2. The van der Waals surface area contributed by atoms with Gasteiger partial charge in [-0.05, 0) is 43.2 Å². The van der Waals surface area contributed by atoms with Gasteiger partial charge in [0.2, 0.25) is 11.8 Å². The second-order valence-corrected chi connectivity index (χ2v) is 8.59. The van der Waals surface area contributed by atoms with Gasteiger partial charge >= 0.3 is 0 Å². The molecule has 1 aromatic carbocycles. The highest BCUT2D eigenvalue weighted by molar-refractivity contribution is 6.02. The van der Waals surface area contributed by atoms with Crippen molar-refractivity contribution in [3.63, 3.8) is 0 Å². The Morgan fingerprint density at radius 2 is 1.71 bits per heavy atom. The van der Waals surface area contributed by atoms with Gasteiger partial charge in [-0.15, -0.1) is 0 Å². The summed E-state index contributed by atoms with van der Waals surface area (Å²) < 4.78 is 6.04. The van der Waals surface area contributed by atoms with Crippen LogP contribution in [0.25, 0.3) is 0 Å². The second-order valence-electron chi connectivity index (χ2n) is 8.59. The highest BCUT2D eigenvalue weighted by Crippen LogP contribution is 2.31. The quantitative estimate of drug-likeness (QED) is 0.769. The van der Waals surface area contributed by atoms with Crippen LogP contribution < -0.4 is 15.0 Å². The molecule has 162 valence electrons. The number of rotatable bonds is 6. The SMILES string of the molecule is O=C(C1CCCC1)N1CC(Oc2ccc(N(C(=O)C3CNC3)c3ccnnc3)cc2)C1. The maximum Gasteiger partial charge on any atom is 0.237 e. The van der Waals surface area contributed by atoms with Crippen molar-refractivity contribution in [3.05, 3.63) is 42.7 Å². The smallest absolute Gasteiger partial charge is 0.237 e. The number of hydrogen-bond donors (Lipinski definition) is 1. The van der Waals surface area contributed by atoms with Crippen molar-refractivity contribution in [1.82, 2.24) is 20.4 Å². The minimum Gasteiger partial charge on any atom is -0.487 e. The van der Waals surface area contributed by atoms with Crippen molar-refractivity contribution in [2.24, 2.45) is 11.8 Å². The van der Waals surface area contributed by atoms with Gasteiger partial charge in [0.05, 0.1) is 37.1 Å². The molecule has 0 spiro atoms. The Balaban J connectivity index is 1.22. The van der Waals surface area contributed by atoms with Crippen molar-refractivity contribution in [2.45, 2.75) is 31.8 Å². The van der Waals surface area contributed by atoms with E-state index in [9.17, 15) is 9.59 Å². The largest absolute Gasteiger partial charge is 0.487 e. The average molecular weight is 422 g/mol. The summed E-state index contributed by atoms with van der Waals surface area (Å²) in [5, 5.41) is 10.9. The Morgan fingerprint density at radius 1 is 0.968 bits per heavy atom. The van der Waals surface area contributed by atoms with Crippen LogP contribution in [0.3, 0.4) is 0 Å². The third-order valence-electron chi connectivity index (χ3n) is 6.44. The molecule has 1 aliphatic carbocycles.